The molecule has 13 heavy (non-hydrogen) atoms. The molecule has 2 heterocycles. The fraction of sp³-hybridized carbons (Fsp3) is 0.600. The quantitative estimate of drug-likeness (QED) is 0.641. The highest BCUT2D eigenvalue weighted by Crippen LogP contribution is 2.36. The third-order valence-corrected chi connectivity index (χ3v) is 3.84. The molecule has 0 spiro atoms. The Kier molecular flexibility index (Phi) is 2.65. The number of nitrogens with two attached hydrogens (primary N) is 1. The first-order valence-corrected chi connectivity index (χ1v) is 5.60. The van der Waals surface area contributed by atoms with E-state index in [1.807, 2.05) is 0 Å². The molecule has 0 aromatic heterocycles. The smallest absolute Gasteiger partial charge is 0.0663 e. The van der Waals surface area contributed by atoms with E-state index in [1.165, 1.54) is 30.8 Å². The molecule has 0 amide bonds. The van der Waals surface area contributed by atoms with Crippen LogP contribution in [0.4, 0.5) is 0 Å². The van der Waals surface area contributed by atoms with Crippen molar-refractivity contribution in [2.45, 2.75) is 19.3 Å². The summed E-state index contributed by atoms with van der Waals surface area (Å²) in [6.45, 7) is 2.38. The maximum absolute atomic E-state index is 5.80. The van der Waals surface area contributed by atoms with Gasteiger partial charge in [-0.2, -0.15) is 0 Å². The number of hydrogen-bond acceptors (Lipinski definition) is 3. The molecule has 0 atom stereocenters. The number of rotatable bonds is 0. The van der Waals surface area contributed by atoms with E-state index in [1.54, 1.807) is 17.3 Å². The van der Waals surface area contributed by atoms with Crippen LogP contribution in [0.25, 0.3) is 0 Å². The van der Waals surface area contributed by atoms with Crippen molar-refractivity contribution in [1.29, 1.82) is 0 Å². The Hall–Kier alpha value is -0.410. The molecule has 0 saturated heterocycles. The Morgan fingerprint density at radius 2 is 2.15 bits per heavy atom. The lowest BCUT2D eigenvalue weighted by Crippen LogP contribution is -2.18. The first-order chi connectivity index (χ1) is 6.25. The summed E-state index contributed by atoms with van der Waals surface area (Å²) in [6, 6.07) is 0. The van der Waals surface area contributed by atoms with Crippen LogP contribution in [0, 0.1) is 0 Å². The molecule has 2 nitrogen and oxygen atoms in total. The average molecular weight is 196 g/mol. The molecule has 72 valence electrons. The zero-order chi connectivity index (χ0) is 9.26. The van der Waals surface area contributed by atoms with E-state index in [9.17, 15) is 0 Å². The molecule has 0 bridgehead atoms. The molecule has 0 saturated carbocycles. The summed E-state index contributed by atoms with van der Waals surface area (Å²) in [5, 5.41) is 0.989. The summed E-state index contributed by atoms with van der Waals surface area (Å²) in [5.41, 5.74) is 7.42. The number of hydrogen-bond donors (Lipinski definition) is 1. The van der Waals surface area contributed by atoms with Gasteiger partial charge in [-0.15, -0.1) is 0 Å². The topological polar surface area (TPSA) is 29.3 Å². The van der Waals surface area contributed by atoms with E-state index in [0.717, 1.165) is 11.4 Å². The maximum Gasteiger partial charge on any atom is 0.0663 e. The van der Waals surface area contributed by atoms with E-state index in [4.69, 9.17) is 5.73 Å². The van der Waals surface area contributed by atoms with Crippen molar-refractivity contribution in [2.75, 3.05) is 20.1 Å². The van der Waals surface area contributed by atoms with Crippen molar-refractivity contribution in [1.82, 2.24) is 4.90 Å². The monoisotopic (exact) mass is 196 g/mol. The van der Waals surface area contributed by atoms with Crippen molar-refractivity contribution in [2.24, 2.45) is 5.73 Å². The van der Waals surface area contributed by atoms with Gasteiger partial charge in [0.05, 0.1) is 5.03 Å². The molecule has 0 aromatic carbocycles. The normalized spacial score (nSPS) is 25.2. The van der Waals surface area contributed by atoms with Crippen LogP contribution in [0.2, 0.25) is 0 Å². The van der Waals surface area contributed by atoms with E-state index in [2.05, 4.69) is 18.0 Å². The number of thioether (sulfide) groups is 1. The first-order valence-electron chi connectivity index (χ1n) is 4.78. The number of allylic oxidation sites excluding steroid dienone is 1. The van der Waals surface area contributed by atoms with Crippen molar-refractivity contribution in [3.8, 4) is 0 Å². The Balaban J connectivity index is 2.09. The second kappa shape index (κ2) is 3.76. The number of nitrogens with zero attached hydrogens (tertiary/aromatic N) is 1. The summed E-state index contributed by atoms with van der Waals surface area (Å²) in [6.07, 6.45) is 5.64. The fourth-order valence-corrected chi connectivity index (χ4v) is 2.77. The molecular weight excluding hydrogens is 180 g/mol. The van der Waals surface area contributed by atoms with E-state index in [0.29, 0.717) is 0 Å². The third kappa shape index (κ3) is 2.09. The zero-order valence-electron chi connectivity index (χ0n) is 8.05. The van der Waals surface area contributed by atoms with Gasteiger partial charge in [0.1, 0.15) is 0 Å². The van der Waals surface area contributed by atoms with Gasteiger partial charge in [0, 0.05) is 13.1 Å². The van der Waals surface area contributed by atoms with Crippen LogP contribution in [0.1, 0.15) is 19.3 Å². The van der Waals surface area contributed by atoms with Crippen molar-refractivity contribution in [3.05, 3.63) is 21.6 Å². The highest BCUT2D eigenvalue weighted by Gasteiger charge is 2.17. The molecule has 2 N–H and O–H groups in total. The van der Waals surface area contributed by atoms with Crippen LogP contribution in [0.5, 0.6) is 0 Å². The van der Waals surface area contributed by atoms with Crippen molar-refractivity contribution >= 4 is 11.8 Å². The minimum Gasteiger partial charge on any atom is -0.394 e. The highest BCUT2D eigenvalue weighted by molar-refractivity contribution is 8.06. The summed E-state index contributed by atoms with van der Waals surface area (Å²) in [4.78, 5) is 3.93. The lowest BCUT2D eigenvalue weighted by atomic mass is 10.1. The molecule has 0 fully saturated rings. The summed E-state index contributed by atoms with van der Waals surface area (Å²) in [5.74, 6) is 0. The second-order valence-electron chi connectivity index (χ2n) is 3.74. The molecule has 2 aliphatic heterocycles. The molecule has 0 radical (unpaired) electrons. The Bertz CT molecular complexity index is 268. The predicted octanol–water partition coefficient (Wildman–Crippen LogP) is 1.90. The van der Waals surface area contributed by atoms with Gasteiger partial charge in [0.15, 0.2) is 0 Å². The largest absolute Gasteiger partial charge is 0.394 e. The van der Waals surface area contributed by atoms with Crippen LogP contribution >= 0.6 is 11.8 Å². The summed E-state index contributed by atoms with van der Waals surface area (Å²) in [7, 11) is 2.19. The zero-order valence-corrected chi connectivity index (χ0v) is 8.86. The van der Waals surface area contributed by atoms with Crippen LogP contribution in [0.3, 0.4) is 0 Å². The average Bonchev–Trinajstić information content (AvgIpc) is 2.29. The van der Waals surface area contributed by atoms with Crippen molar-refractivity contribution < 1.29 is 0 Å². The van der Waals surface area contributed by atoms with Crippen LogP contribution in [-0.4, -0.2) is 25.0 Å². The minimum atomic E-state index is 0.989. The molecule has 0 aliphatic carbocycles. The second-order valence-corrected chi connectivity index (χ2v) is 4.91. The maximum atomic E-state index is 5.80. The molecule has 2 aliphatic rings. The van der Waals surface area contributed by atoms with Gasteiger partial charge in [0.25, 0.3) is 0 Å². The van der Waals surface area contributed by atoms with Gasteiger partial charge in [0.2, 0.25) is 0 Å². The van der Waals surface area contributed by atoms with Gasteiger partial charge in [-0.3, -0.25) is 0 Å². The van der Waals surface area contributed by atoms with Gasteiger partial charge < -0.3 is 10.6 Å². The van der Waals surface area contributed by atoms with Gasteiger partial charge in [-0.1, -0.05) is 23.4 Å². The van der Waals surface area contributed by atoms with E-state index in [-0.39, 0.29) is 0 Å². The molecule has 2 rings (SSSR count). The van der Waals surface area contributed by atoms with Crippen molar-refractivity contribution in [3.63, 3.8) is 0 Å². The Labute approximate surface area is 83.9 Å². The van der Waals surface area contributed by atoms with Gasteiger partial charge >= 0.3 is 0 Å². The molecule has 0 aromatic rings. The van der Waals surface area contributed by atoms with Crippen LogP contribution in [0.15, 0.2) is 21.6 Å². The minimum absolute atomic E-state index is 0.989. The van der Waals surface area contributed by atoms with Crippen LogP contribution < -0.4 is 5.73 Å². The summed E-state index contributed by atoms with van der Waals surface area (Å²) >= 11 is 1.78. The lowest BCUT2D eigenvalue weighted by molar-refractivity contribution is 0.352. The van der Waals surface area contributed by atoms with Crippen LogP contribution in [-0.2, 0) is 0 Å². The molecule has 0 unspecified atom stereocenters. The molecule has 3 heteroatoms. The summed E-state index contributed by atoms with van der Waals surface area (Å²) < 4.78 is 0. The highest BCUT2D eigenvalue weighted by atomic mass is 32.2. The Morgan fingerprint density at radius 3 is 3.00 bits per heavy atom. The van der Waals surface area contributed by atoms with Gasteiger partial charge in [-0.05, 0) is 31.2 Å². The third-order valence-electron chi connectivity index (χ3n) is 2.70. The SMILES string of the molecule is CN1CCC2=C(CC1)SC(N)=CC2. The Morgan fingerprint density at radius 1 is 1.38 bits per heavy atom. The lowest BCUT2D eigenvalue weighted by Gasteiger charge is -2.15. The predicted molar refractivity (Wildman–Crippen MR) is 58.2 cm³/mol. The fourth-order valence-electron chi connectivity index (χ4n) is 1.79. The van der Waals surface area contributed by atoms with Gasteiger partial charge in [-0.25, -0.2) is 0 Å². The standard InChI is InChI=1S/C10H16N2S/c1-12-6-4-8-2-3-10(11)13-9(8)5-7-12/h3H,2,4-7,11H2,1H3. The molecular formula is C10H16N2S. The first kappa shape index (κ1) is 9.16. The van der Waals surface area contributed by atoms with E-state index < -0.39 is 0 Å². The van der Waals surface area contributed by atoms with E-state index >= 15 is 0 Å².